The Balaban J connectivity index is 0.00000264. The maximum absolute atomic E-state index is 12.7. The van der Waals surface area contributed by atoms with Gasteiger partial charge >= 0.3 is 0 Å². The Morgan fingerprint density at radius 3 is 2.35 bits per heavy atom. The molecular formula is C16H32Cl2N2O2S. The summed E-state index contributed by atoms with van der Waals surface area (Å²) < 4.78 is 28.2. The lowest BCUT2D eigenvalue weighted by molar-refractivity contribution is 0.178. The average Bonchev–Trinajstić information content (AvgIpc) is 2.50. The molecule has 0 bridgehead atoms. The van der Waals surface area contributed by atoms with E-state index < -0.39 is 10.0 Å². The number of unbranched alkanes of at least 4 members (excludes halogenated alkanes) is 3. The molecule has 2 aliphatic carbocycles. The van der Waals surface area contributed by atoms with Crippen molar-refractivity contribution in [3.63, 3.8) is 0 Å². The number of fused-ring (bicyclic) bond motifs is 1. The molecule has 23 heavy (non-hydrogen) atoms. The van der Waals surface area contributed by atoms with Gasteiger partial charge in [-0.3, -0.25) is 0 Å². The minimum atomic E-state index is -3.20. The van der Waals surface area contributed by atoms with Crippen LogP contribution in [0.4, 0.5) is 0 Å². The molecule has 2 rings (SSSR count). The van der Waals surface area contributed by atoms with E-state index in [-0.39, 0.29) is 29.0 Å². The number of hydrogen-bond acceptors (Lipinski definition) is 3. The minimum absolute atomic E-state index is 0. The van der Waals surface area contributed by atoms with Gasteiger partial charge in [0.25, 0.3) is 0 Å². The summed E-state index contributed by atoms with van der Waals surface area (Å²) in [5, 5.41) is -0.0511. The van der Waals surface area contributed by atoms with Crippen LogP contribution >= 0.6 is 24.0 Å². The topological polar surface area (TPSA) is 72.2 Å². The average molecular weight is 387 g/mol. The molecule has 0 amide bonds. The number of hydrogen-bond donors (Lipinski definition) is 2. The quantitative estimate of drug-likeness (QED) is 0.495. The maximum Gasteiger partial charge on any atom is 0.214 e. The van der Waals surface area contributed by atoms with Crippen LogP contribution in [0, 0.1) is 11.8 Å². The first-order valence-electron chi connectivity index (χ1n) is 8.89. The summed E-state index contributed by atoms with van der Waals surface area (Å²) in [6.07, 6.45) is 10.1. The van der Waals surface area contributed by atoms with Gasteiger partial charge in [-0.1, -0.05) is 25.7 Å². The second kappa shape index (κ2) is 10.4. The van der Waals surface area contributed by atoms with Gasteiger partial charge in [-0.25, -0.2) is 13.1 Å². The first kappa shape index (κ1) is 21.5. The van der Waals surface area contributed by atoms with Crippen molar-refractivity contribution in [2.24, 2.45) is 17.6 Å². The summed E-state index contributed by atoms with van der Waals surface area (Å²) in [4.78, 5) is 0. The Labute approximate surface area is 152 Å². The number of sulfonamides is 1. The Hall–Kier alpha value is 0.450. The zero-order chi connectivity index (χ0) is 16.0. The van der Waals surface area contributed by atoms with Crippen LogP contribution in [0.5, 0.6) is 0 Å². The van der Waals surface area contributed by atoms with Crippen molar-refractivity contribution in [2.45, 2.75) is 74.8 Å². The number of halogens is 2. The normalized spacial score (nSPS) is 31.2. The summed E-state index contributed by atoms with van der Waals surface area (Å²) in [6.45, 7) is 1.28. The third-order valence-corrected chi connectivity index (χ3v) is 7.90. The van der Waals surface area contributed by atoms with Crippen LogP contribution in [0.2, 0.25) is 0 Å². The van der Waals surface area contributed by atoms with E-state index in [4.69, 9.17) is 17.3 Å². The van der Waals surface area contributed by atoms with Gasteiger partial charge in [0.1, 0.15) is 0 Å². The molecule has 2 aliphatic rings. The molecule has 0 aliphatic heterocycles. The van der Waals surface area contributed by atoms with Crippen LogP contribution in [0.1, 0.15) is 64.2 Å². The molecule has 0 aromatic rings. The van der Waals surface area contributed by atoms with Crippen molar-refractivity contribution in [2.75, 3.05) is 13.1 Å². The molecule has 0 saturated heterocycles. The van der Waals surface area contributed by atoms with Crippen LogP contribution in [0.25, 0.3) is 0 Å². The Morgan fingerprint density at radius 1 is 0.957 bits per heavy atom. The summed E-state index contributed by atoms with van der Waals surface area (Å²) in [5.41, 5.74) is 5.46. The maximum atomic E-state index is 12.7. The largest absolute Gasteiger partial charge is 0.330 e. The van der Waals surface area contributed by atoms with E-state index in [1.165, 1.54) is 0 Å². The van der Waals surface area contributed by atoms with Gasteiger partial charge in [0.2, 0.25) is 10.0 Å². The molecule has 4 atom stereocenters. The van der Waals surface area contributed by atoms with Gasteiger partial charge in [0, 0.05) is 11.9 Å². The van der Waals surface area contributed by atoms with Crippen LogP contribution in [0.15, 0.2) is 0 Å². The Bertz CT molecular complexity index is 434. The lowest BCUT2D eigenvalue weighted by Gasteiger charge is -2.43. The fourth-order valence-electron chi connectivity index (χ4n) is 4.20. The zero-order valence-corrected chi connectivity index (χ0v) is 16.3. The van der Waals surface area contributed by atoms with Crippen molar-refractivity contribution in [3.8, 4) is 0 Å². The first-order valence-corrected chi connectivity index (χ1v) is 10.9. The standard InChI is InChI=1S/C16H31ClN2O2S.ClH/c17-15-9-5-8-14-13(15)7-6-10-16(14)22(20,21)19-12-4-2-1-3-11-18;/h13-16,19H,1-12,18H2;1H. The van der Waals surface area contributed by atoms with Crippen LogP contribution in [0.3, 0.4) is 0 Å². The SMILES string of the molecule is Cl.NCCCCCCNS(=O)(=O)C1CCCC2C(Cl)CCCC21. The van der Waals surface area contributed by atoms with E-state index in [9.17, 15) is 8.42 Å². The molecule has 0 heterocycles. The molecule has 7 heteroatoms. The van der Waals surface area contributed by atoms with Gasteiger partial charge in [-0.15, -0.1) is 24.0 Å². The van der Waals surface area contributed by atoms with Gasteiger partial charge in [-0.2, -0.15) is 0 Å². The molecule has 2 fully saturated rings. The fraction of sp³-hybridized carbons (Fsp3) is 1.00. The summed E-state index contributed by atoms with van der Waals surface area (Å²) in [6, 6.07) is 0. The molecule has 0 spiro atoms. The van der Waals surface area contributed by atoms with E-state index in [2.05, 4.69) is 4.72 Å². The van der Waals surface area contributed by atoms with Gasteiger partial charge in [0.05, 0.1) is 5.25 Å². The zero-order valence-electron chi connectivity index (χ0n) is 13.9. The predicted octanol–water partition coefficient (Wildman–Crippen LogP) is 3.42. The highest BCUT2D eigenvalue weighted by atomic mass is 35.5. The summed E-state index contributed by atoms with van der Waals surface area (Å²) in [5.74, 6) is 0.662. The highest BCUT2D eigenvalue weighted by Crippen LogP contribution is 2.44. The second-order valence-corrected chi connectivity index (χ2v) is 9.43. The molecule has 0 aromatic carbocycles. The molecular weight excluding hydrogens is 355 g/mol. The van der Waals surface area contributed by atoms with Crippen LogP contribution in [-0.2, 0) is 10.0 Å². The lowest BCUT2D eigenvalue weighted by Crippen LogP contribution is -2.47. The Kier molecular flexibility index (Phi) is 9.76. The van der Waals surface area contributed by atoms with Crippen molar-refractivity contribution in [1.29, 1.82) is 0 Å². The molecule has 3 N–H and O–H groups in total. The first-order chi connectivity index (χ1) is 10.6. The monoisotopic (exact) mass is 386 g/mol. The summed E-state index contributed by atoms with van der Waals surface area (Å²) >= 11 is 6.46. The lowest BCUT2D eigenvalue weighted by atomic mass is 9.70. The van der Waals surface area contributed by atoms with Crippen molar-refractivity contribution < 1.29 is 8.42 Å². The second-order valence-electron chi connectivity index (χ2n) is 6.89. The van der Waals surface area contributed by atoms with Crippen LogP contribution in [-0.4, -0.2) is 32.1 Å². The molecule has 0 aromatic heterocycles. The van der Waals surface area contributed by atoms with Gasteiger partial charge in [-0.05, 0) is 56.9 Å². The van der Waals surface area contributed by atoms with Crippen molar-refractivity contribution >= 4 is 34.0 Å². The predicted molar refractivity (Wildman–Crippen MR) is 99.8 cm³/mol. The molecule has 4 nitrogen and oxygen atoms in total. The molecule has 4 unspecified atom stereocenters. The molecule has 2 saturated carbocycles. The van der Waals surface area contributed by atoms with Crippen molar-refractivity contribution in [3.05, 3.63) is 0 Å². The smallest absolute Gasteiger partial charge is 0.214 e. The highest BCUT2D eigenvalue weighted by Gasteiger charge is 2.44. The number of nitrogens with two attached hydrogens (primary N) is 1. The van der Waals surface area contributed by atoms with Crippen molar-refractivity contribution in [1.82, 2.24) is 4.72 Å². The van der Waals surface area contributed by atoms with Gasteiger partial charge < -0.3 is 5.73 Å². The molecule has 0 radical (unpaired) electrons. The number of nitrogens with one attached hydrogen (secondary N) is 1. The summed E-state index contributed by atoms with van der Waals surface area (Å²) in [7, 11) is -3.20. The van der Waals surface area contributed by atoms with E-state index in [1.807, 2.05) is 0 Å². The van der Waals surface area contributed by atoms with E-state index >= 15 is 0 Å². The third-order valence-electron chi connectivity index (χ3n) is 5.37. The third kappa shape index (κ3) is 6.03. The van der Waals surface area contributed by atoms with E-state index in [1.54, 1.807) is 0 Å². The fourth-order valence-corrected chi connectivity index (χ4v) is 6.59. The minimum Gasteiger partial charge on any atom is -0.330 e. The van der Waals surface area contributed by atoms with Gasteiger partial charge in [0.15, 0.2) is 0 Å². The Morgan fingerprint density at radius 2 is 1.61 bits per heavy atom. The van der Waals surface area contributed by atoms with E-state index in [0.29, 0.717) is 12.5 Å². The van der Waals surface area contributed by atoms with Crippen LogP contribution < -0.4 is 10.5 Å². The number of rotatable bonds is 8. The van der Waals surface area contributed by atoms with E-state index in [0.717, 1.165) is 70.8 Å². The molecule has 138 valence electrons. The number of alkyl halides is 1. The highest BCUT2D eigenvalue weighted by molar-refractivity contribution is 7.90.